The maximum atomic E-state index is 12.0. The molecule has 1 amide bonds. The minimum atomic E-state index is 0.278. The first-order chi connectivity index (χ1) is 7.67. The summed E-state index contributed by atoms with van der Waals surface area (Å²) in [4.78, 5) is 14.0. The minimum Gasteiger partial charge on any atom is -0.342 e. The molecule has 3 heteroatoms. The van der Waals surface area contributed by atoms with Gasteiger partial charge < -0.3 is 4.90 Å². The van der Waals surface area contributed by atoms with E-state index in [0.29, 0.717) is 5.91 Å². The normalized spacial score (nSPS) is 18.7. The van der Waals surface area contributed by atoms with Crippen LogP contribution in [0.3, 0.4) is 0 Å². The summed E-state index contributed by atoms with van der Waals surface area (Å²) in [6.45, 7) is 6.36. The van der Waals surface area contributed by atoms with Crippen molar-refractivity contribution in [2.45, 2.75) is 52.4 Å². The van der Waals surface area contributed by atoms with Crippen LogP contribution >= 0.6 is 15.9 Å². The summed E-state index contributed by atoms with van der Waals surface area (Å²) in [7, 11) is 0. The van der Waals surface area contributed by atoms with Crippen molar-refractivity contribution in [3.05, 3.63) is 0 Å². The molecule has 1 saturated heterocycles. The van der Waals surface area contributed by atoms with Crippen LogP contribution in [0, 0.1) is 5.41 Å². The number of alkyl halides is 1. The average Bonchev–Trinajstić information content (AvgIpc) is 2.52. The highest BCUT2D eigenvalue weighted by molar-refractivity contribution is 9.09. The van der Waals surface area contributed by atoms with E-state index in [1.165, 1.54) is 12.8 Å². The van der Waals surface area contributed by atoms with E-state index >= 15 is 0 Å². The lowest BCUT2D eigenvalue weighted by Crippen LogP contribution is -2.41. The molecule has 0 aromatic heterocycles. The van der Waals surface area contributed by atoms with Crippen LogP contribution in [0.1, 0.15) is 52.4 Å². The van der Waals surface area contributed by atoms with Crippen LogP contribution in [0.25, 0.3) is 0 Å². The van der Waals surface area contributed by atoms with Gasteiger partial charge in [0.25, 0.3) is 0 Å². The molecule has 0 aromatic rings. The largest absolute Gasteiger partial charge is 0.342 e. The third-order valence-corrected chi connectivity index (χ3v) is 5.17. The fourth-order valence-corrected chi connectivity index (χ4v) is 3.29. The summed E-state index contributed by atoms with van der Waals surface area (Å²) in [5, 5.41) is 0.997. The van der Waals surface area contributed by atoms with Gasteiger partial charge in [0, 0.05) is 24.8 Å². The van der Waals surface area contributed by atoms with Crippen LogP contribution in [-0.2, 0) is 4.79 Å². The zero-order valence-corrected chi connectivity index (χ0v) is 12.2. The highest BCUT2D eigenvalue weighted by Crippen LogP contribution is 2.30. The Bertz CT molecular complexity index is 218. The molecule has 0 bridgehead atoms. The first kappa shape index (κ1) is 14.0. The SMILES string of the molecule is CCC(CC)(CBr)CN1CCCCCC1=O. The number of likely N-dealkylation sites (tertiary alicyclic amines) is 1. The van der Waals surface area contributed by atoms with E-state index in [1.54, 1.807) is 0 Å². The maximum Gasteiger partial charge on any atom is 0.222 e. The Kier molecular flexibility index (Phi) is 5.81. The molecule has 0 aliphatic carbocycles. The van der Waals surface area contributed by atoms with Crippen molar-refractivity contribution in [3.8, 4) is 0 Å². The maximum absolute atomic E-state index is 12.0. The molecule has 0 radical (unpaired) electrons. The van der Waals surface area contributed by atoms with Gasteiger partial charge in [-0.3, -0.25) is 4.79 Å². The average molecular weight is 290 g/mol. The van der Waals surface area contributed by atoms with Crippen LogP contribution in [0.2, 0.25) is 0 Å². The lowest BCUT2D eigenvalue weighted by atomic mass is 9.84. The second kappa shape index (κ2) is 6.63. The van der Waals surface area contributed by atoms with Crippen LogP contribution in [-0.4, -0.2) is 29.2 Å². The van der Waals surface area contributed by atoms with Crippen molar-refractivity contribution in [3.63, 3.8) is 0 Å². The second-order valence-corrected chi connectivity index (χ2v) is 5.53. The molecule has 1 fully saturated rings. The molecule has 0 atom stereocenters. The molecule has 0 N–H and O–H groups in total. The predicted octanol–water partition coefficient (Wildman–Crippen LogP) is 3.59. The third kappa shape index (κ3) is 3.47. The highest BCUT2D eigenvalue weighted by Gasteiger charge is 2.30. The summed E-state index contributed by atoms with van der Waals surface area (Å²) >= 11 is 3.62. The van der Waals surface area contributed by atoms with Gasteiger partial charge in [-0.25, -0.2) is 0 Å². The van der Waals surface area contributed by atoms with E-state index in [4.69, 9.17) is 0 Å². The Morgan fingerprint density at radius 2 is 1.94 bits per heavy atom. The van der Waals surface area contributed by atoms with E-state index in [2.05, 4.69) is 34.7 Å². The zero-order chi connectivity index (χ0) is 12.0. The molecule has 1 aliphatic rings. The van der Waals surface area contributed by atoms with Crippen molar-refractivity contribution in [1.82, 2.24) is 4.90 Å². The highest BCUT2D eigenvalue weighted by atomic mass is 79.9. The van der Waals surface area contributed by atoms with Crippen molar-refractivity contribution in [2.75, 3.05) is 18.4 Å². The van der Waals surface area contributed by atoms with E-state index < -0.39 is 0 Å². The van der Waals surface area contributed by atoms with Crippen molar-refractivity contribution in [2.24, 2.45) is 5.41 Å². The third-order valence-electron chi connectivity index (χ3n) is 3.98. The molecule has 2 nitrogen and oxygen atoms in total. The molecule has 16 heavy (non-hydrogen) atoms. The molecule has 0 saturated carbocycles. The first-order valence-electron chi connectivity index (χ1n) is 6.51. The van der Waals surface area contributed by atoms with Gasteiger partial charge in [-0.15, -0.1) is 0 Å². The molecule has 0 spiro atoms. The molecule has 1 heterocycles. The van der Waals surface area contributed by atoms with E-state index in [9.17, 15) is 4.79 Å². The van der Waals surface area contributed by atoms with E-state index in [0.717, 1.165) is 44.1 Å². The Morgan fingerprint density at radius 3 is 2.50 bits per heavy atom. The topological polar surface area (TPSA) is 20.3 Å². The van der Waals surface area contributed by atoms with Gasteiger partial charge in [0.15, 0.2) is 0 Å². The summed E-state index contributed by atoms with van der Waals surface area (Å²) in [5.74, 6) is 0.365. The number of halogens is 1. The van der Waals surface area contributed by atoms with Gasteiger partial charge in [-0.1, -0.05) is 36.2 Å². The number of carbonyl (C=O) groups excluding carboxylic acids is 1. The summed E-state index contributed by atoms with van der Waals surface area (Å²) in [6.07, 6.45) is 6.50. The van der Waals surface area contributed by atoms with Gasteiger partial charge in [0.2, 0.25) is 5.91 Å². The summed E-state index contributed by atoms with van der Waals surface area (Å²) < 4.78 is 0. The van der Waals surface area contributed by atoms with Gasteiger partial charge >= 0.3 is 0 Å². The van der Waals surface area contributed by atoms with E-state index in [1.807, 2.05) is 0 Å². The number of hydrogen-bond acceptors (Lipinski definition) is 1. The Labute approximate surface area is 108 Å². The molecule has 0 aromatic carbocycles. The Morgan fingerprint density at radius 1 is 1.25 bits per heavy atom. The summed E-state index contributed by atoms with van der Waals surface area (Å²) in [5.41, 5.74) is 0.278. The summed E-state index contributed by atoms with van der Waals surface area (Å²) in [6, 6.07) is 0. The molecular weight excluding hydrogens is 266 g/mol. The second-order valence-electron chi connectivity index (χ2n) is 4.97. The van der Waals surface area contributed by atoms with Gasteiger partial charge in [0.1, 0.15) is 0 Å². The van der Waals surface area contributed by atoms with Crippen LogP contribution in [0.5, 0.6) is 0 Å². The van der Waals surface area contributed by atoms with Crippen molar-refractivity contribution >= 4 is 21.8 Å². The standard InChI is InChI=1S/C13H24BrNO/c1-3-13(4-2,10-14)11-15-9-7-5-6-8-12(15)16/h3-11H2,1-2H3. The Balaban J connectivity index is 2.64. The lowest BCUT2D eigenvalue weighted by molar-refractivity contribution is -0.132. The number of carbonyl (C=O) groups is 1. The minimum absolute atomic E-state index is 0.278. The van der Waals surface area contributed by atoms with E-state index in [-0.39, 0.29) is 5.41 Å². The lowest BCUT2D eigenvalue weighted by Gasteiger charge is -2.35. The van der Waals surface area contributed by atoms with Crippen LogP contribution in [0.4, 0.5) is 0 Å². The van der Waals surface area contributed by atoms with Gasteiger partial charge in [-0.05, 0) is 31.1 Å². The van der Waals surface area contributed by atoms with Crippen molar-refractivity contribution in [1.29, 1.82) is 0 Å². The first-order valence-corrected chi connectivity index (χ1v) is 7.63. The number of nitrogens with zero attached hydrogens (tertiary/aromatic N) is 1. The molecule has 94 valence electrons. The van der Waals surface area contributed by atoms with Crippen molar-refractivity contribution < 1.29 is 4.79 Å². The molecule has 1 aliphatic heterocycles. The monoisotopic (exact) mass is 289 g/mol. The predicted molar refractivity (Wildman–Crippen MR) is 71.9 cm³/mol. The smallest absolute Gasteiger partial charge is 0.222 e. The zero-order valence-electron chi connectivity index (χ0n) is 10.6. The quantitative estimate of drug-likeness (QED) is 0.709. The molecule has 1 rings (SSSR count). The van der Waals surface area contributed by atoms with Gasteiger partial charge in [-0.2, -0.15) is 0 Å². The van der Waals surface area contributed by atoms with Crippen LogP contribution in [0.15, 0.2) is 0 Å². The number of amides is 1. The number of rotatable bonds is 5. The molecule has 0 unspecified atom stereocenters. The fraction of sp³-hybridized carbons (Fsp3) is 0.923. The number of hydrogen-bond donors (Lipinski definition) is 0. The Hall–Kier alpha value is -0.0500. The molecular formula is C13H24BrNO. The van der Waals surface area contributed by atoms with Gasteiger partial charge in [0.05, 0.1) is 0 Å². The van der Waals surface area contributed by atoms with Crippen LogP contribution < -0.4 is 0 Å². The fourth-order valence-electron chi connectivity index (χ4n) is 2.32.